The number of nitro benzene ring substituents is 2. The van der Waals surface area contributed by atoms with Crippen LogP contribution < -0.4 is 4.90 Å². The van der Waals surface area contributed by atoms with Crippen LogP contribution in [0.1, 0.15) is 24.2 Å². The summed E-state index contributed by atoms with van der Waals surface area (Å²) in [5.74, 6) is 0.777. The van der Waals surface area contributed by atoms with E-state index < -0.39 is 15.9 Å². The molecule has 1 fully saturated rings. The molecule has 0 amide bonds. The van der Waals surface area contributed by atoms with Gasteiger partial charge in [0.2, 0.25) is 5.89 Å². The molecule has 0 bridgehead atoms. The largest absolute Gasteiger partial charge is 0.380 e. The highest BCUT2D eigenvalue weighted by molar-refractivity contribution is 5.68. The third-order valence-corrected chi connectivity index (χ3v) is 4.10. The van der Waals surface area contributed by atoms with Gasteiger partial charge in [0, 0.05) is 26.1 Å². The van der Waals surface area contributed by atoms with Crippen molar-refractivity contribution in [3.63, 3.8) is 0 Å². The number of anilines is 1. The molecule has 11 heteroatoms. The minimum absolute atomic E-state index is 0.188. The van der Waals surface area contributed by atoms with Crippen molar-refractivity contribution in [2.24, 2.45) is 0 Å². The maximum absolute atomic E-state index is 11.4. The van der Waals surface area contributed by atoms with Crippen molar-refractivity contribution in [2.45, 2.75) is 25.5 Å². The van der Waals surface area contributed by atoms with E-state index in [0.29, 0.717) is 24.7 Å². The van der Waals surface area contributed by atoms with Gasteiger partial charge in [0.15, 0.2) is 5.82 Å². The molecule has 1 aromatic heterocycles. The summed E-state index contributed by atoms with van der Waals surface area (Å²) >= 11 is 0. The Balaban J connectivity index is 2.05. The van der Waals surface area contributed by atoms with E-state index in [1.54, 1.807) is 18.9 Å². The fraction of sp³-hybridized carbons (Fsp3) is 0.429. The van der Waals surface area contributed by atoms with Crippen LogP contribution in [-0.4, -0.2) is 39.7 Å². The molecule has 1 aliphatic rings. The zero-order chi connectivity index (χ0) is 18.1. The molecule has 1 saturated heterocycles. The van der Waals surface area contributed by atoms with Gasteiger partial charge < -0.3 is 14.2 Å². The average Bonchev–Trinajstić information content (AvgIpc) is 3.19. The molecule has 2 heterocycles. The summed E-state index contributed by atoms with van der Waals surface area (Å²) in [6, 6.07) is 3.14. The second-order valence-corrected chi connectivity index (χ2v) is 5.63. The van der Waals surface area contributed by atoms with E-state index in [4.69, 9.17) is 9.26 Å². The first-order valence-electron chi connectivity index (χ1n) is 7.43. The number of aryl methyl sites for hydroxylation is 1. The number of hydrogen-bond acceptors (Lipinski definition) is 9. The first-order valence-corrected chi connectivity index (χ1v) is 7.43. The van der Waals surface area contributed by atoms with Crippen molar-refractivity contribution in [1.82, 2.24) is 10.1 Å². The van der Waals surface area contributed by atoms with Gasteiger partial charge in [-0.2, -0.15) is 4.98 Å². The van der Waals surface area contributed by atoms with Crippen LogP contribution in [0.3, 0.4) is 0 Å². The smallest absolute Gasteiger partial charge is 0.299 e. The van der Waals surface area contributed by atoms with E-state index in [9.17, 15) is 20.2 Å². The van der Waals surface area contributed by atoms with E-state index in [2.05, 4.69) is 10.1 Å². The lowest BCUT2D eigenvalue weighted by atomic mass is 10.1. The Labute approximate surface area is 141 Å². The fourth-order valence-electron chi connectivity index (χ4n) is 2.93. The Bertz CT molecular complexity index is 822. The standard InChI is InChI=1S/C14H15N5O6/c1-8-15-14(25-16-8)13-6-10(24-2)7-17(13)11-4-3-9(18(20)21)5-12(11)19(22)23/h3-5,10,13H,6-7H2,1-2H3. The molecule has 2 unspecified atom stereocenters. The number of methoxy groups -OCH3 is 1. The number of nitro groups is 2. The van der Waals surface area contributed by atoms with E-state index in [0.717, 1.165) is 6.07 Å². The Hall–Kier alpha value is -3.08. The van der Waals surface area contributed by atoms with Crippen molar-refractivity contribution < 1.29 is 19.1 Å². The zero-order valence-corrected chi connectivity index (χ0v) is 13.5. The van der Waals surface area contributed by atoms with Crippen LogP contribution in [0.15, 0.2) is 22.7 Å². The normalized spacial score (nSPS) is 20.0. The lowest BCUT2D eigenvalue weighted by molar-refractivity contribution is -0.393. The van der Waals surface area contributed by atoms with Crippen molar-refractivity contribution in [1.29, 1.82) is 0 Å². The first-order chi connectivity index (χ1) is 11.9. The SMILES string of the molecule is COC1CC(c2nc(C)no2)N(c2ccc([N+](=O)[O-])cc2[N+](=O)[O-])C1. The second kappa shape index (κ2) is 6.43. The summed E-state index contributed by atoms with van der Waals surface area (Å²) < 4.78 is 10.6. The van der Waals surface area contributed by atoms with Crippen molar-refractivity contribution >= 4 is 17.1 Å². The van der Waals surface area contributed by atoms with E-state index in [1.807, 2.05) is 0 Å². The molecule has 3 rings (SSSR count). The monoisotopic (exact) mass is 349 g/mol. The molecule has 0 N–H and O–H groups in total. The van der Waals surface area contributed by atoms with Gasteiger partial charge in [-0.1, -0.05) is 5.16 Å². The summed E-state index contributed by atoms with van der Waals surface area (Å²) in [6.45, 7) is 2.04. The van der Waals surface area contributed by atoms with Gasteiger partial charge in [-0.25, -0.2) is 0 Å². The lowest BCUT2D eigenvalue weighted by Crippen LogP contribution is -2.25. The third-order valence-electron chi connectivity index (χ3n) is 4.10. The second-order valence-electron chi connectivity index (χ2n) is 5.63. The summed E-state index contributed by atoms with van der Waals surface area (Å²) in [5, 5.41) is 26.1. The van der Waals surface area contributed by atoms with E-state index in [1.165, 1.54) is 12.1 Å². The van der Waals surface area contributed by atoms with Crippen LogP contribution in [0.2, 0.25) is 0 Å². The topological polar surface area (TPSA) is 138 Å². The highest BCUT2D eigenvalue weighted by atomic mass is 16.6. The maximum atomic E-state index is 11.4. The highest BCUT2D eigenvalue weighted by Crippen LogP contribution is 2.41. The van der Waals surface area contributed by atoms with Crippen molar-refractivity contribution in [3.05, 3.63) is 50.1 Å². The molecule has 2 atom stereocenters. The van der Waals surface area contributed by atoms with Gasteiger partial charge in [-0.3, -0.25) is 20.2 Å². The molecule has 0 aliphatic carbocycles. The number of ether oxygens (including phenoxy) is 1. The minimum atomic E-state index is -0.669. The minimum Gasteiger partial charge on any atom is -0.380 e. The summed E-state index contributed by atoms with van der Waals surface area (Å²) in [5.41, 5.74) is -0.452. The van der Waals surface area contributed by atoms with Crippen LogP contribution in [-0.2, 0) is 4.74 Å². The Morgan fingerprint density at radius 2 is 2.08 bits per heavy atom. The molecule has 2 aromatic rings. The van der Waals surface area contributed by atoms with Gasteiger partial charge >= 0.3 is 0 Å². The molecule has 0 radical (unpaired) electrons. The number of rotatable bonds is 5. The lowest BCUT2D eigenvalue weighted by Gasteiger charge is -2.23. The molecular weight excluding hydrogens is 334 g/mol. The number of hydrogen-bond donors (Lipinski definition) is 0. The van der Waals surface area contributed by atoms with Crippen LogP contribution in [0.25, 0.3) is 0 Å². The maximum Gasteiger partial charge on any atom is 0.299 e. The van der Waals surface area contributed by atoms with Gasteiger partial charge in [0.1, 0.15) is 11.7 Å². The van der Waals surface area contributed by atoms with Crippen LogP contribution in [0, 0.1) is 27.2 Å². The van der Waals surface area contributed by atoms with Gasteiger partial charge in [-0.15, -0.1) is 0 Å². The fourth-order valence-corrected chi connectivity index (χ4v) is 2.93. The van der Waals surface area contributed by atoms with E-state index in [-0.39, 0.29) is 23.2 Å². The summed E-state index contributed by atoms with van der Waals surface area (Å²) in [4.78, 5) is 26.9. The van der Waals surface area contributed by atoms with Crippen LogP contribution in [0.4, 0.5) is 17.1 Å². The first kappa shape index (κ1) is 16.8. The molecule has 25 heavy (non-hydrogen) atoms. The quantitative estimate of drug-likeness (QED) is 0.587. The predicted octanol–water partition coefficient (Wildman–Crippen LogP) is 2.16. The molecule has 0 spiro atoms. The molecule has 1 aliphatic heterocycles. The average molecular weight is 349 g/mol. The third kappa shape index (κ3) is 3.13. The zero-order valence-electron chi connectivity index (χ0n) is 13.5. The number of aromatic nitrogens is 2. The van der Waals surface area contributed by atoms with Crippen molar-refractivity contribution in [3.8, 4) is 0 Å². The summed E-state index contributed by atoms with van der Waals surface area (Å²) in [6.07, 6.45) is 0.318. The molecule has 1 aromatic carbocycles. The number of benzene rings is 1. The predicted molar refractivity (Wildman–Crippen MR) is 84.3 cm³/mol. The van der Waals surface area contributed by atoms with Crippen LogP contribution in [0.5, 0.6) is 0 Å². The van der Waals surface area contributed by atoms with Gasteiger partial charge in [0.25, 0.3) is 11.4 Å². The Morgan fingerprint density at radius 3 is 2.64 bits per heavy atom. The van der Waals surface area contributed by atoms with Gasteiger partial charge in [-0.05, 0) is 13.0 Å². The molecule has 11 nitrogen and oxygen atoms in total. The number of non-ortho nitro benzene ring substituents is 1. The van der Waals surface area contributed by atoms with Crippen molar-refractivity contribution in [2.75, 3.05) is 18.6 Å². The molecule has 0 saturated carbocycles. The van der Waals surface area contributed by atoms with E-state index >= 15 is 0 Å². The highest BCUT2D eigenvalue weighted by Gasteiger charge is 2.40. The Kier molecular flexibility index (Phi) is 4.31. The number of nitrogens with zero attached hydrogens (tertiary/aromatic N) is 5. The molecule has 132 valence electrons. The van der Waals surface area contributed by atoms with Gasteiger partial charge in [0.05, 0.1) is 22.0 Å². The molecular formula is C14H15N5O6. The Morgan fingerprint density at radius 1 is 1.32 bits per heavy atom. The summed E-state index contributed by atoms with van der Waals surface area (Å²) in [7, 11) is 1.55. The van der Waals surface area contributed by atoms with Crippen LogP contribution >= 0.6 is 0 Å².